The van der Waals surface area contributed by atoms with Gasteiger partial charge >= 0.3 is 0 Å². The highest BCUT2D eigenvalue weighted by Gasteiger charge is 2.28. The molecule has 0 saturated carbocycles. The van der Waals surface area contributed by atoms with Crippen LogP contribution in [0.25, 0.3) is 0 Å². The minimum atomic E-state index is -3.96. The Kier molecular flexibility index (Phi) is 9.85. The average molecular weight is 517 g/mol. The summed E-state index contributed by atoms with van der Waals surface area (Å²) in [5.41, 5.74) is 0.744. The predicted molar refractivity (Wildman–Crippen MR) is 127 cm³/mol. The monoisotopic (exact) mass is 516 g/mol. The topological polar surface area (TPSA) is 134 Å². The fourth-order valence-corrected chi connectivity index (χ4v) is 6.41. The Morgan fingerprint density at radius 3 is 1.62 bits per heavy atom. The van der Waals surface area contributed by atoms with E-state index in [2.05, 4.69) is 0 Å². The van der Waals surface area contributed by atoms with Crippen molar-refractivity contribution in [1.82, 2.24) is 8.61 Å². The molecule has 12 heteroatoms. The van der Waals surface area contributed by atoms with Crippen LogP contribution in [0, 0.1) is 0 Å². The molecule has 2 rings (SSSR count). The van der Waals surface area contributed by atoms with Crippen LogP contribution in [-0.4, -0.2) is 76.1 Å². The molecular formula is C22H32N2O8S2. The maximum Gasteiger partial charge on any atom is 0.243 e. The Hall–Kier alpha value is -2.22. The molecule has 0 aromatic heterocycles. The third kappa shape index (κ3) is 5.88. The van der Waals surface area contributed by atoms with Crippen molar-refractivity contribution >= 4 is 20.0 Å². The average Bonchev–Trinajstić information content (AvgIpc) is 2.85. The number of likely N-dealkylation sites (N-methyl/N-ethyl adjacent to an activating group) is 2. The van der Waals surface area contributed by atoms with Crippen LogP contribution in [0.4, 0.5) is 0 Å². The number of benzene rings is 2. The van der Waals surface area contributed by atoms with Crippen molar-refractivity contribution in [1.29, 1.82) is 0 Å². The minimum absolute atomic E-state index is 0.00471. The number of methoxy groups -OCH3 is 2. The van der Waals surface area contributed by atoms with Crippen molar-refractivity contribution in [2.45, 2.75) is 36.9 Å². The van der Waals surface area contributed by atoms with Gasteiger partial charge in [0, 0.05) is 32.2 Å². The zero-order valence-corrected chi connectivity index (χ0v) is 21.4. The molecule has 0 amide bonds. The Morgan fingerprint density at radius 2 is 1.18 bits per heavy atom. The van der Waals surface area contributed by atoms with Crippen LogP contribution in [0.2, 0.25) is 0 Å². The normalized spacial score (nSPS) is 12.4. The Bertz CT molecular complexity index is 1090. The Balaban J connectivity index is 2.29. The fraction of sp³-hybridized carbons (Fsp3) is 0.455. The van der Waals surface area contributed by atoms with E-state index in [-0.39, 0.29) is 48.3 Å². The molecule has 0 atom stereocenters. The van der Waals surface area contributed by atoms with Gasteiger partial charge in [0.25, 0.3) is 0 Å². The lowest BCUT2D eigenvalue weighted by atomic mass is 10.1. The minimum Gasteiger partial charge on any atom is -0.493 e. The van der Waals surface area contributed by atoms with Gasteiger partial charge in [-0.3, -0.25) is 0 Å². The molecule has 0 spiro atoms. The molecule has 0 unspecified atom stereocenters. The van der Waals surface area contributed by atoms with Crippen molar-refractivity contribution in [2.24, 2.45) is 0 Å². The van der Waals surface area contributed by atoms with Crippen molar-refractivity contribution in [3.63, 3.8) is 0 Å². The van der Waals surface area contributed by atoms with Gasteiger partial charge in [-0.05, 0) is 35.4 Å². The smallest absolute Gasteiger partial charge is 0.243 e. The number of hydrogen-bond acceptors (Lipinski definition) is 8. The maximum absolute atomic E-state index is 13.2. The quantitative estimate of drug-likeness (QED) is 0.408. The van der Waals surface area contributed by atoms with Gasteiger partial charge in [0.1, 0.15) is 0 Å². The van der Waals surface area contributed by atoms with E-state index in [1.54, 1.807) is 13.8 Å². The van der Waals surface area contributed by atoms with Gasteiger partial charge in [-0.25, -0.2) is 16.8 Å². The maximum atomic E-state index is 13.2. The molecule has 0 saturated heterocycles. The van der Waals surface area contributed by atoms with Gasteiger partial charge in [-0.15, -0.1) is 0 Å². The van der Waals surface area contributed by atoms with E-state index in [9.17, 15) is 27.0 Å². The second kappa shape index (κ2) is 12.0. The highest BCUT2D eigenvalue weighted by atomic mass is 32.2. The second-order valence-corrected chi connectivity index (χ2v) is 11.1. The molecule has 0 fully saturated rings. The van der Waals surface area contributed by atoms with Crippen molar-refractivity contribution in [2.75, 3.05) is 40.4 Å². The zero-order valence-electron chi connectivity index (χ0n) is 19.8. The Labute approximate surface area is 201 Å². The first kappa shape index (κ1) is 28.0. The van der Waals surface area contributed by atoms with Gasteiger partial charge in [0.15, 0.2) is 11.5 Å². The van der Waals surface area contributed by atoms with Gasteiger partial charge in [0.05, 0.1) is 37.2 Å². The van der Waals surface area contributed by atoms with E-state index < -0.39 is 26.7 Å². The third-order valence-corrected chi connectivity index (χ3v) is 9.39. The lowest BCUT2D eigenvalue weighted by Crippen LogP contribution is -2.41. The van der Waals surface area contributed by atoms with Crippen LogP contribution in [0.3, 0.4) is 0 Å². The summed E-state index contributed by atoms with van der Waals surface area (Å²) >= 11 is 0. The molecule has 0 heterocycles. The number of ether oxygens (including phenoxy) is 2. The molecule has 190 valence electrons. The lowest BCUT2D eigenvalue weighted by molar-refractivity contribution is 0.259. The number of aliphatic hydroxyl groups is 2. The van der Waals surface area contributed by atoms with E-state index in [0.29, 0.717) is 16.9 Å². The van der Waals surface area contributed by atoms with Gasteiger partial charge in [0.2, 0.25) is 20.0 Å². The van der Waals surface area contributed by atoms with Crippen molar-refractivity contribution in [3.05, 3.63) is 47.5 Å². The first-order valence-electron chi connectivity index (χ1n) is 10.7. The highest BCUT2D eigenvalue weighted by molar-refractivity contribution is 7.89. The number of hydrogen-bond donors (Lipinski definition) is 2. The van der Waals surface area contributed by atoms with E-state index >= 15 is 0 Å². The molecule has 0 bridgehead atoms. The molecule has 2 aromatic rings. The molecule has 2 N–H and O–H groups in total. The van der Waals surface area contributed by atoms with Gasteiger partial charge in [-0.2, -0.15) is 8.61 Å². The van der Waals surface area contributed by atoms with Gasteiger partial charge in [-0.1, -0.05) is 19.9 Å². The van der Waals surface area contributed by atoms with Crippen LogP contribution < -0.4 is 9.47 Å². The first-order valence-corrected chi connectivity index (χ1v) is 13.5. The summed E-state index contributed by atoms with van der Waals surface area (Å²) in [4.78, 5) is -0.0357. The highest BCUT2D eigenvalue weighted by Crippen LogP contribution is 2.30. The van der Waals surface area contributed by atoms with Crippen LogP contribution in [0.1, 0.15) is 25.0 Å². The standard InChI is InChI=1S/C22H32N2O8S2/c1-5-23(33(27,28)19-8-7-17(15-25)18(13-19)16-26)11-12-24(6-2)34(29,30)20-9-10-21(31-3)22(14-20)32-4/h7-10,13-14,25-26H,5-6,11-12,15-16H2,1-4H3. The second-order valence-electron chi connectivity index (χ2n) is 7.26. The van der Waals surface area contributed by atoms with Gasteiger partial charge < -0.3 is 19.7 Å². The first-order chi connectivity index (χ1) is 16.1. The van der Waals surface area contributed by atoms with Crippen molar-refractivity contribution in [3.8, 4) is 11.5 Å². The molecule has 0 radical (unpaired) electrons. The number of aliphatic hydroxyl groups excluding tert-OH is 2. The van der Waals surface area contributed by atoms with E-state index in [1.165, 1.54) is 59.2 Å². The summed E-state index contributed by atoms with van der Waals surface area (Å²) in [6, 6.07) is 8.41. The van der Waals surface area contributed by atoms with E-state index in [1.807, 2.05) is 0 Å². The summed E-state index contributed by atoms with van der Waals surface area (Å²) in [5, 5.41) is 18.9. The number of nitrogens with zero attached hydrogens (tertiary/aromatic N) is 2. The SMILES string of the molecule is CCN(CCN(CC)S(=O)(=O)c1ccc(OC)c(OC)c1)S(=O)(=O)c1ccc(CO)c(CO)c1. The molecule has 34 heavy (non-hydrogen) atoms. The molecule has 0 aliphatic carbocycles. The van der Waals surface area contributed by atoms with Crippen LogP contribution >= 0.6 is 0 Å². The third-order valence-electron chi connectivity index (χ3n) is 5.45. The largest absolute Gasteiger partial charge is 0.493 e. The molecule has 2 aromatic carbocycles. The number of rotatable bonds is 13. The van der Waals surface area contributed by atoms with E-state index in [0.717, 1.165) is 0 Å². The van der Waals surface area contributed by atoms with Crippen LogP contribution in [0.5, 0.6) is 11.5 Å². The van der Waals surface area contributed by atoms with E-state index in [4.69, 9.17) is 9.47 Å². The zero-order chi connectivity index (χ0) is 25.5. The summed E-state index contributed by atoms with van der Waals surface area (Å²) in [5.74, 6) is 0.658. The molecule has 10 nitrogen and oxygen atoms in total. The summed E-state index contributed by atoms with van der Waals surface area (Å²) in [6.45, 7) is 2.69. The predicted octanol–water partition coefficient (Wildman–Crippen LogP) is 1.41. The molecule has 0 aliphatic rings. The summed E-state index contributed by atoms with van der Waals surface area (Å²) in [6.07, 6.45) is 0. The van der Waals surface area contributed by atoms with Crippen molar-refractivity contribution < 1.29 is 36.5 Å². The summed E-state index contributed by atoms with van der Waals surface area (Å²) < 4.78 is 65.5. The Morgan fingerprint density at radius 1 is 0.706 bits per heavy atom. The summed E-state index contributed by atoms with van der Waals surface area (Å²) in [7, 11) is -5.03. The fourth-order valence-electron chi connectivity index (χ4n) is 3.46. The number of sulfonamides is 2. The van der Waals surface area contributed by atoms with Crippen LogP contribution in [0.15, 0.2) is 46.2 Å². The molecule has 0 aliphatic heterocycles. The molecular weight excluding hydrogens is 484 g/mol. The van der Waals surface area contributed by atoms with Crippen LogP contribution in [-0.2, 0) is 33.3 Å². The lowest BCUT2D eigenvalue weighted by Gasteiger charge is -2.26.